The maximum absolute atomic E-state index is 12.2. The van der Waals surface area contributed by atoms with Crippen molar-refractivity contribution in [2.75, 3.05) is 20.1 Å². The van der Waals surface area contributed by atoms with E-state index < -0.39 is 17.6 Å². The van der Waals surface area contributed by atoms with Crippen LogP contribution in [0, 0.1) is 18.8 Å². The van der Waals surface area contributed by atoms with Crippen LogP contribution in [0.25, 0.3) is 10.2 Å². The zero-order valence-corrected chi connectivity index (χ0v) is 14.0. The van der Waals surface area contributed by atoms with E-state index in [4.69, 9.17) is 0 Å². The number of benzene rings is 1. The molecule has 0 spiro atoms. The predicted octanol–water partition coefficient (Wildman–Crippen LogP) is 1.36. The highest BCUT2D eigenvalue weighted by molar-refractivity contribution is 7.18. The molecule has 0 fully saturated rings. The zero-order valence-electron chi connectivity index (χ0n) is 13.2. The third kappa shape index (κ3) is 3.09. The lowest BCUT2D eigenvalue weighted by Crippen LogP contribution is -2.30. The highest BCUT2D eigenvalue weighted by atomic mass is 32.1. The molecular formula is C17H15N3O3S. The molecule has 0 saturated carbocycles. The Morgan fingerprint density at radius 2 is 2.29 bits per heavy atom. The molecule has 0 saturated heterocycles. The minimum absolute atomic E-state index is 0.0428. The standard InChI is InChI=1S/C17H15N3O3S/c1-10-19-13-8-11(5-6-14(13)24-10)4-3-7-20(2)17(23)12-9-18-16(22)15(12)21/h5-6,8,21H,7,9H2,1-2H3,(H,18,22). The first-order valence-electron chi connectivity index (χ1n) is 7.27. The Morgan fingerprint density at radius 3 is 3.00 bits per heavy atom. The van der Waals surface area contributed by atoms with Crippen molar-refractivity contribution in [1.29, 1.82) is 0 Å². The summed E-state index contributed by atoms with van der Waals surface area (Å²) in [6.07, 6.45) is 0. The van der Waals surface area contributed by atoms with Gasteiger partial charge < -0.3 is 15.3 Å². The number of aliphatic hydroxyl groups excluding tert-OH is 1. The van der Waals surface area contributed by atoms with Gasteiger partial charge in [0.15, 0.2) is 5.76 Å². The number of amides is 2. The molecule has 2 aromatic rings. The fraction of sp³-hybridized carbons (Fsp3) is 0.235. The number of thiazole rings is 1. The van der Waals surface area contributed by atoms with Crippen LogP contribution in [0.4, 0.5) is 0 Å². The van der Waals surface area contributed by atoms with Crippen LogP contribution in [0.1, 0.15) is 10.6 Å². The van der Waals surface area contributed by atoms with Crippen molar-refractivity contribution in [3.63, 3.8) is 0 Å². The topological polar surface area (TPSA) is 82.5 Å². The van der Waals surface area contributed by atoms with Gasteiger partial charge in [0.1, 0.15) is 0 Å². The molecule has 7 heteroatoms. The highest BCUT2D eigenvalue weighted by Gasteiger charge is 2.28. The number of likely N-dealkylation sites (N-methyl/N-ethyl adjacent to an activating group) is 1. The molecule has 1 aliphatic heterocycles. The number of fused-ring (bicyclic) bond motifs is 1. The number of hydrogen-bond acceptors (Lipinski definition) is 5. The number of hydrogen-bond donors (Lipinski definition) is 2. The second-order valence-corrected chi connectivity index (χ2v) is 6.62. The molecule has 1 aromatic carbocycles. The van der Waals surface area contributed by atoms with E-state index in [2.05, 4.69) is 22.1 Å². The fourth-order valence-electron chi connectivity index (χ4n) is 2.33. The van der Waals surface area contributed by atoms with Crippen molar-refractivity contribution in [3.05, 3.63) is 40.1 Å². The lowest BCUT2D eigenvalue weighted by atomic mass is 10.2. The van der Waals surface area contributed by atoms with Crippen LogP contribution in [0.2, 0.25) is 0 Å². The summed E-state index contributed by atoms with van der Waals surface area (Å²) in [4.78, 5) is 29.1. The third-order valence-corrected chi connectivity index (χ3v) is 4.53. The van der Waals surface area contributed by atoms with Gasteiger partial charge in [-0.3, -0.25) is 9.59 Å². The fourth-order valence-corrected chi connectivity index (χ4v) is 3.14. The summed E-state index contributed by atoms with van der Waals surface area (Å²) < 4.78 is 1.12. The van der Waals surface area contributed by atoms with Gasteiger partial charge in [0.05, 0.1) is 33.9 Å². The van der Waals surface area contributed by atoms with Crippen molar-refractivity contribution >= 4 is 33.4 Å². The molecule has 122 valence electrons. The second-order valence-electron chi connectivity index (χ2n) is 5.39. The average Bonchev–Trinajstić information content (AvgIpc) is 3.08. The maximum Gasteiger partial charge on any atom is 0.286 e. The summed E-state index contributed by atoms with van der Waals surface area (Å²) in [6, 6.07) is 5.82. The first-order valence-corrected chi connectivity index (χ1v) is 8.09. The van der Waals surface area contributed by atoms with Gasteiger partial charge in [-0.15, -0.1) is 11.3 Å². The number of nitrogens with zero attached hydrogens (tertiary/aromatic N) is 2. The van der Waals surface area contributed by atoms with E-state index >= 15 is 0 Å². The lowest BCUT2D eigenvalue weighted by molar-refractivity contribution is -0.125. The van der Waals surface area contributed by atoms with E-state index in [1.54, 1.807) is 18.4 Å². The molecule has 2 N–H and O–H groups in total. The Balaban J connectivity index is 1.69. The Labute approximate surface area is 142 Å². The Hall–Kier alpha value is -2.85. The molecule has 0 unspecified atom stereocenters. The molecule has 6 nitrogen and oxygen atoms in total. The smallest absolute Gasteiger partial charge is 0.286 e. The van der Waals surface area contributed by atoms with Crippen LogP contribution in [-0.4, -0.2) is 46.9 Å². The van der Waals surface area contributed by atoms with Gasteiger partial charge in [0, 0.05) is 12.6 Å². The van der Waals surface area contributed by atoms with Gasteiger partial charge in [0.2, 0.25) is 0 Å². The van der Waals surface area contributed by atoms with Gasteiger partial charge >= 0.3 is 0 Å². The Kier molecular flexibility index (Phi) is 4.23. The minimum atomic E-state index is -0.621. The molecule has 1 aliphatic rings. The van der Waals surface area contributed by atoms with Crippen LogP contribution in [-0.2, 0) is 9.59 Å². The SMILES string of the molecule is Cc1nc2cc(C#CCN(C)C(=O)C3=C(O)C(=O)NC3)ccc2s1. The van der Waals surface area contributed by atoms with Crippen LogP contribution in [0.15, 0.2) is 29.5 Å². The molecule has 0 radical (unpaired) electrons. The molecule has 24 heavy (non-hydrogen) atoms. The van der Waals surface area contributed by atoms with Crippen LogP contribution in [0.3, 0.4) is 0 Å². The first-order chi connectivity index (χ1) is 11.5. The summed E-state index contributed by atoms with van der Waals surface area (Å²) in [7, 11) is 1.58. The van der Waals surface area contributed by atoms with Gasteiger partial charge in [-0.25, -0.2) is 4.98 Å². The maximum atomic E-state index is 12.2. The summed E-state index contributed by atoms with van der Waals surface area (Å²) in [5.41, 5.74) is 1.82. The summed E-state index contributed by atoms with van der Waals surface area (Å²) >= 11 is 1.63. The molecule has 2 amide bonds. The van der Waals surface area contributed by atoms with Crippen molar-refractivity contribution in [3.8, 4) is 11.8 Å². The number of rotatable bonds is 2. The van der Waals surface area contributed by atoms with Crippen molar-refractivity contribution in [2.45, 2.75) is 6.92 Å². The van der Waals surface area contributed by atoms with Gasteiger partial charge in [-0.2, -0.15) is 0 Å². The number of aromatic nitrogens is 1. The van der Waals surface area contributed by atoms with Crippen LogP contribution < -0.4 is 5.32 Å². The number of carbonyl (C=O) groups is 2. The van der Waals surface area contributed by atoms with Crippen molar-refractivity contribution < 1.29 is 14.7 Å². The Morgan fingerprint density at radius 1 is 1.50 bits per heavy atom. The molecule has 0 bridgehead atoms. The second kappa shape index (κ2) is 6.34. The van der Waals surface area contributed by atoms with Gasteiger partial charge in [-0.1, -0.05) is 11.8 Å². The molecular weight excluding hydrogens is 326 g/mol. The molecule has 3 rings (SSSR count). The first kappa shape index (κ1) is 16.0. The molecule has 0 aliphatic carbocycles. The molecule has 1 aromatic heterocycles. The molecule has 2 heterocycles. The largest absolute Gasteiger partial charge is 0.503 e. The summed E-state index contributed by atoms with van der Waals surface area (Å²) in [6.45, 7) is 2.20. The number of carbonyl (C=O) groups excluding carboxylic acids is 2. The minimum Gasteiger partial charge on any atom is -0.503 e. The number of aryl methyl sites for hydroxylation is 1. The summed E-state index contributed by atoms with van der Waals surface area (Å²) in [5.74, 6) is 4.38. The lowest BCUT2D eigenvalue weighted by Gasteiger charge is -2.13. The van der Waals surface area contributed by atoms with E-state index in [0.717, 1.165) is 20.8 Å². The van der Waals surface area contributed by atoms with Crippen molar-refractivity contribution in [1.82, 2.24) is 15.2 Å². The normalized spacial score (nSPS) is 13.7. The van der Waals surface area contributed by atoms with Crippen molar-refractivity contribution in [2.24, 2.45) is 0 Å². The average molecular weight is 341 g/mol. The van der Waals surface area contributed by atoms with E-state index in [1.165, 1.54) is 4.90 Å². The summed E-state index contributed by atoms with van der Waals surface area (Å²) in [5, 5.41) is 13.0. The third-order valence-electron chi connectivity index (χ3n) is 3.57. The van der Waals surface area contributed by atoms with Crippen LogP contribution >= 0.6 is 11.3 Å². The molecule has 0 atom stereocenters. The van der Waals surface area contributed by atoms with Crippen LogP contribution in [0.5, 0.6) is 0 Å². The predicted molar refractivity (Wildman–Crippen MR) is 91.5 cm³/mol. The number of nitrogens with one attached hydrogen (secondary N) is 1. The van der Waals surface area contributed by atoms with E-state index in [1.807, 2.05) is 25.1 Å². The van der Waals surface area contributed by atoms with E-state index in [0.29, 0.717) is 0 Å². The quantitative estimate of drug-likeness (QED) is 0.808. The zero-order chi connectivity index (χ0) is 17.3. The monoisotopic (exact) mass is 341 g/mol. The van der Waals surface area contributed by atoms with Gasteiger partial charge in [0.25, 0.3) is 11.8 Å². The van der Waals surface area contributed by atoms with Gasteiger partial charge in [-0.05, 0) is 25.1 Å². The highest BCUT2D eigenvalue weighted by Crippen LogP contribution is 2.22. The number of aliphatic hydroxyl groups is 1. The van der Waals surface area contributed by atoms with E-state index in [-0.39, 0.29) is 18.7 Å². The van der Waals surface area contributed by atoms with E-state index in [9.17, 15) is 14.7 Å². The Bertz CT molecular complexity index is 933.